The Balaban J connectivity index is 1.84. The molecule has 0 aliphatic heterocycles. The number of aromatic nitrogens is 1. The van der Waals surface area contributed by atoms with E-state index >= 15 is 0 Å². The summed E-state index contributed by atoms with van der Waals surface area (Å²) in [5, 5.41) is 2.70. The molecule has 2 aromatic rings. The van der Waals surface area contributed by atoms with E-state index in [4.69, 9.17) is 4.74 Å². The van der Waals surface area contributed by atoms with Gasteiger partial charge in [0.2, 0.25) is 0 Å². The summed E-state index contributed by atoms with van der Waals surface area (Å²) >= 11 is 0. The van der Waals surface area contributed by atoms with E-state index in [9.17, 15) is 9.59 Å². The monoisotopic (exact) mass is 328 g/mol. The third kappa shape index (κ3) is 4.81. The summed E-state index contributed by atoms with van der Waals surface area (Å²) in [6.07, 6.45) is 1.50. The molecule has 1 N–H and O–H groups in total. The number of amides is 1. The van der Waals surface area contributed by atoms with Gasteiger partial charge in [-0.15, -0.1) is 0 Å². The number of nitrogens with zero attached hydrogens (tertiary/aromatic N) is 1. The van der Waals surface area contributed by atoms with Crippen LogP contribution in [-0.2, 0) is 16.1 Å². The number of aryl methyl sites for hydroxylation is 2. The highest BCUT2D eigenvalue weighted by atomic mass is 16.5. The molecule has 0 aliphatic rings. The molecule has 0 saturated heterocycles. The number of methoxy groups -OCH3 is 1. The average Bonchev–Trinajstić information content (AvgIpc) is 2.60. The number of carbonyl (C=O) groups is 2. The second-order valence-corrected chi connectivity index (χ2v) is 5.34. The molecule has 0 aliphatic carbocycles. The lowest BCUT2D eigenvalue weighted by Crippen LogP contribution is -2.28. The van der Waals surface area contributed by atoms with Crippen LogP contribution in [0.2, 0.25) is 0 Å². The molecule has 0 unspecified atom stereocenters. The highest BCUT2D eigenvalue weighted by molar-refractivity contribution is 5.89. The summed E-state index contributed by atoms with van der Waals surface area (Å²) < 4.78 is 10.1. The van der Waals surface area contributed by atoms with Crippen molar-refractivity contribution in [3.63, 3.8) is 0 Å². The normalized spacial score (nSPS) is 10.1. The molecule has 0 radical (unpaired) electrons. The fourth-order valence-corrected chi connectivity index (χ4v) is 2.01. The van der Waals surface area contributed by atoms with Gasteiger partial charge in [0, 0.05) is 6.20 Å². The third-order valence-corrected chi connectivity index (χ3v) is 3.55. The highest BCUT2D eigenvalue weighted by Crippen LogP contribution is 2.16. The average molecular weight is 328 g/mol. The van der Waals surface area contributed by atoms with E-state index < -0.39 is 5.97 Å². The van der Waals surface area contributed by atoms with Crippen LogP contribution in [0.25, 0.3) is 0 Å². The second-order valence-electron chi connectivity index (χ2n) is 5.34. The Hall–Kier alpha value is -2.89. The summed E-state index contributed by atoms with van der Waals surface area (Å²) in [7, 11) is 1.31. The van der Waals surface area contributed by atoms with Crippen LogP contribution in [0, 0.1) is 13.8 Å². The summed E-state index contributed by atoms with van der Waals surface area (Å²) in [6.45, 7) is 4.13. The van der Waals surface area contributed by atoms with Crippen molar-refractivity contribution < 1.29 is 19.1 Å². The van der Waals surface area contributed by atoms with Crippen molar-refractivity contribution in [1.82, 2.24) is 10.3 Å². The highest BCUT2D eigenvalue weighted by Gasteiger charge is 2.08. The zero-order valence-corrected chi connectivity index (χ0v) is 14.0. The van der Waals surface area contributed by atoms with Gasteiger partial charge in [-0.3, -0.25) is 9.78 Å². The summed E-state index contributed by atoms with van der Waals surface area (Å²) in [5.74, 6) is -0.0550. The fourth-order valence-electron chi connectivity index (χ4n) is 2.01. The molecule has 1 heterocycles. The Kier molecular flexibility index (Phi) is 5.89. The van der Waals surface area contributed by atoms with Crippen LogP contribution >= 0.6 is 0 Å². The van der Waals surface area contributed by atoms with Crippen molar-refractivity contribution >= 4 is 11.9 Å². The first-order valence-electron chi connectivity index (χ1n) is 7.49. The Morgan fingerprint density at radius 3 is 2.62 bits per heavy atom. The first-order valence-corrected chi connectivity index (χ1v) is 7.49. The van der Waals surface area contributed by atoms with Crippen molar-refractivity contribution in [1.29, 1.82) is 0 Å². The van der Waals surface area contributed by atoms with E-state index in [1.807, 2.05) is 32.0 Å². The molecule has 2 rings (SSSR count). The van der Waals surface area contributed by atoms with Gasteiger partial charge >= 0.3 is 5.97 Å². The molecular weight excluding hydrogens is 308 g/mol. The van der Waals surface area contributed by atoms with E-state index in [1.54, 1.807) is 12.1 Å². The Labute approximate surface area is 140 Å². The molecule has 0 saturated carbocycles. The van der Waals surface area contributed by atoms with Gasteiger partial charge in [-0.25, -0.2) is 4.79 Å². The van der Waals surface area contributed by atoms with Crippen LogP contribution in [-0.4, -0.2) is 30.6 Å². The lowest BCUT2D eigenvalue weighted by atomic mass is 10.1. The zero-order chi connectivity index (χ0) is 17.5. The SMILES string of the molecule is COC(=O)c1ccnc(CNC(=O)COc2ccc(C)c(C)c2)c1. The van der Waals surface area contributed by atoms with Crippen LogP contribution < -0.4 is 10.1 Å². The number of esters is 1. The maximum absolute atomic E-state index is 11.9. The number of hydrogen-bond donors (Lipinski definition) is 1. The number of pyridine rings is 1. The first-order chi connectivity index (χ1) is 11.5. The molecular formula is C18H20N2O4. The number of ether oxygens (including phenoxy) is 2. The third-order valence-electron chi connectivity index (χ3n) is 3.55. The van der Waals surface area contributed by atoms with E-state index in [2.05, 4.69) is 15.0 Å². The van der Waals surface area contributed by atoms with Gasteiger partial charge in [0.05, 0.1) is 24.9 Å². The summed E-state index contributed by atoms with van der Waals surface area (Å²) in [6, 6.07) is 8.81. The molecule has 0 bridgehead atoms. The molecule has 6 heteroatoms. The molecule has 1 aromatic heterocycles. The topological polar surface area (TPSA) is 77.5 Å². The van der Waals surface area contributed by atoms with E-state index in [0.717, 1.165) is 5.56 Å². The molecule has 0 spiro atoms. The van der Waals surface area contributed by atoms with Crippen molar-refractivity contribution in [3.05, 3.63) is 58.9 Å². The Bertz CT molecular complexity index is 744. The fraction of sp³-hybridized carbons (Fsp3) is 0.278. The van der Waals surface area contributed by atoms with Crippen LogP contribution in [0.1, 0.15) is 27.2 Å². The minimum atomic E-state index is -0.442. The van der Waals surface area contributed by atoms with E-state index in [1.165, 1.54) is 18.9 Å². The van der Waals surface area contributed by atoms with Gasteiger partial charge in [-0.05, 0) is 49.2 Å². The maximum Gasteiger partial charge on any atom is 0.337 e. The largest absolute Gasteiger partial charge is 0.484 e. The first kappa shape index (κ1) is 17.5. The van der Waals surface area contributed by atoms with Gasteiger partial charge in [-0.1, -0.05) is 6.07 Å². The number of nitrogens with one attached hydrogen (secondary N) is 1. The number of carbonyl (C=O) groups excluding carboxylic acids is 2. The molecule has 1 aromatic carbocycles. The van der Waals surface area contributed by atoms with Gasteiger partial charge in [0.15, 0.2) is 6.61 Å². The molecule has 126 valence electrons. The lowest BCUT2D eigenvalue weighted by Gasteiger charge is -2.09. The van der Waals surface area contributed by atoms with Crippen molar-refractivity contribution in [2.24, 2.45) is 0 Å². The lowest BCUT2D eigenvalue weighted by molar-refractivity contribution is -0.123. The number of rotatable bonds is 6. The van der Waals surface area contributed by atoms with Crippen LogP contribution in [0.3, 0.4) is 0 Å². The number of hydrogen-bond acceptors (Lipinski definition) is 5. The standard InChI is InChI=1S/C18H20N2O4/c1-12-4-5-16(8-13(12)2)24-11-17(21)20-10-15-9-14(6-7-19-15)18(22)23-3/h4-9H,10-11H2,1-3H3,(H,20,21). The minimum absolute atomic E-state index is 0.0841. The molecule has 1 amide bonds. The van der Waals surface area contributed by atoms with Gasteiger partial charge in [-0.2, -0.15) is 0 Å². The molecule has 0 fully saturated rings. The molecule has 6 nitrogen and oxygen atoms in total. The van der Waals surface area contributed by atoms with Crippen molar-refractivity contribution in [2.75, 3.05) is 13.7 Å². The van der Waals surface area contributed by atoms with Crippen LogP contribution in [0.4, 0.5) is 0 Å². The zero-order valence-electron chi connectivity index (χ0n) is 14.0. The predicted octanol–water partition coefficient (Wildman–Crippen LogP) is 2.18. The predicted molar refractivity (Wildman–Crippen MR) is 88.8 cm³/mol. The van der Waals surface area contributed by atoms with Gasteiger partial charge < -0.3 is 14.8 Å². The van der Waals surface area contributed by atoms with Gasteiger partial charge in [0.25, 0.3) is 5.91 Å². The quantitative estimate of drug-likeness (QED) is 0.823. The van der Waals surface area contributed by atoms with Crippen molar-refractivity contribution in [3.8, 4) is 5.75 Å². The Morgan fingerprint density at radius 1 is 1.12 bits per heavy atom. The van der Waals surface area contributed by atoms with Crippen LogP contribution in [0.15, 0.2) is 36.5 Å². The van der Waals surface area contributed by atoms with Gasteiger partial charge in [0.1, 0.15) is 5.75 Å². The molecule has 24 heavy (non-hydrogen) atoms. The maximum atomic E-state index is 11.9. The summed E-state index contributed by atoms with van der Waals surface area (Å²) in [5.41, 5.74) is 3.24. The minimum Gasteiger partial charge on any atom is -0.484 e. The smallest absolute Gasteiger partial charge is 0.337 e. The van der Waals surface area contributed by atoms with E-state index in [-0.39, 0.29) is 19.1 Å². The Morgan fingerprint density at radius 2 is 1.92 bits per heavy atom. The van der Waals surface area contributed by atoms with Crippen LogP contribution in [0.5, 0.6) is 5.75 Å². The molecule has 0 atom stereocenters. The van der Waals surface area contributed by atoms with E-state index in [0.29, 0.717) is 17.0 Å². The second kappa shape index (κ2) is 8.10. The number of benzene rings is 1. The summed E-state index contributed by atoms with van der Waals surface area (Å²) in [4.78, 5) is 27.4. The van der Waals surface area contributed by atoms with Crippen molar-refractivity contribution in [2.45, 2.75) is 20.4 Å².